The molecule has 1 unspecified atom stereocenters. The highest BCUT2D eigenvalue weighted by Crippen LogP contribution is 2.26. The van der Waals surface area contributed by atoms with Crippen LogP contribution in [0.4, 0.5) is 23.2 Å². The maximum Gasteiger partial charge on any atom is 0.375 e. The van der Waals surface area contributed by atoms with Gasteiger partial charge in [0.1, 0.15) is 11.4 Å². The van der Waals surface area contributed by atoms with Gasteiger partial charge in [-0.25, -0.2) is 22.4 Å². The van der Waals surface area contributed by atoms with Crippen molar-refractivity contribution in [3.63, 3.8) is 0 Å². The van der Waals surface area contributed by atoms with E-state index in [1.54, 1.807) is 0 Å². The fourth-order valence-electron chi connectivity index (χ4n) is 2.78. The zero-order valence-corrected chi connectivity index (χ0v) is 16.7. The molecule has 7 nitrogen and oxygen atoms in total. The molecule has 0 aliphatic carbocycles. The van der Waals surface area contributed by atoms with Crippen molar-refractivity contribution in [1.82, 2.24) is 5.32 Å². The number of rotatable bonds is 6. The number of carbonyl (C=O) groups excluding carboxylic acids is 3. The minimum atomic E-state index is -1.75. The third-order valence-electron chi connectivity index (χ3n) is 4.47. The lowest BCUT2D eigenvalue weighted by Gasteiger charge is -2.13. The highest BCUT2D eigenvalue weighted by Gasteiger charge is 2.25. The number of hydrogen-bond acceptors (Lipinski definition) is 5. The largest absolute Gasteiger partial charge is 0.449 e. The molecule has 2 aromatic carbocycles. The Labute approximate surface area is 178 Å². The Balaban J connectivity index is 1.57. The molecule has 32 heavy (non-hydrogen) atoms. The molecule has 168 valence electrons. The first-order valence-corrected chi connectivity index (χ1v) is 9.19. The summed E-state index contributed by atoms with van der Waals surface area (Å²) in [7, 11) is 0. The average molecular weight is 452 g/mol. The zero-order valence-electron chi connectivity index (χ0n) is 16.7. The van der Waals surface area contributed by atoms with Gasteiger partial charge in [-0.15, -0.1) is 0 Å². The molecule has 1 heterocycles. The summed E-state index contributed by atoms with van der Waals surface area (Å²) < 4.78 is 63.5. The minimum Gasteiger partial charge on any atom is -0.449 e. The SMILES string of the molecule is Cc1c(C(=O)OC(C)C(=O)NCC(=O)Nc2ccc(F)c(F)c2F)oc2ccc(F)cc12. The first kappa shape index (κ1) is 22.8. The summed E-state index contributed by atoms with van der Waals surface area (Å²) in [5, 5.41) is 4.50. The van der Waals surface area contributed by atoms with Crippen LogP contribution in [-0.2, 0) is 14.3 Å². The Hall–Kier alpha value is -3.89. The number of hydrogen-bond donors (Lipinski definition) is 2. The quantitative estimate of drug-likeness (QED) is 0.339. The number of furan rings is 1. The molecule has 3 aromatic rings. The summed E-state index contributed by atoms with van der Waals surface area (Å²) >= 11 is 0. The smallest absolute Gasteiger partial charge is 0.375 e. The maximum absolute atomic E-state index is 13.6. The molecule has 0 aliphatic rings. The molecule has 2 N–H and O–H groups in total. The van der Waals surface area contributed by atoms with Crippen LogP contribution in [0.3, 0.4) is 0 Å². The van der Waals surface area contributed by atoms with Crippen molar-refractivity contribution in [2.45, 2.75) is 20.0 Å². The van der Waals surface area contributed by atoms with E-state index in [1.807, 2.05) is 5.32 Å². The van der Waals surface area contributed by atoms with Gasteiger partial charge in [-0.3, -0.25) is 9.59 Å². The monoisotopic (exact) mass is 452 g/mol. The van der Waals surface area contributed by atoms with Crippen LogP contribution < -0.4 is 10.6 Å². The summed E-state index contributed by atoms with van der Waals surface area (Å²) in [6.07, 6.45) is -1.35. The van der Waals surface area contributed by atoms with Gasteiger partial charge in [0.2, 0.25) is 11.7 Å². The van der Waals surface area contributed by atoms with Gasteiger partial charge in [-0.05, 0) is 44.2 Å². The number of nitrogens with one attached hydrogen (secondary N) is 2. The van der Waals surface area contributed by atoms with Crippen molar-refractivity contribution in [3.05, 3.63) is 64.9 Å². The van der Waals surface area contributed by atoms with Gasteiger partial charge >= 0.3 is 5.97 Å². The van der Waals surface area contributed by atoms with E-state index in [0.29, 0.717) is 17.0 Å². The van der Waals surface area contributed by atoms with Crippen LogP contribution in [0.5, 0.6) is 0 Å². The van der Waals surface area contributed by atoms with Crippen LogP contribution >= 0.6 is 0 Å². The van der Waals surface area contributed by atoms with Crippen molar-refractivity contribution < 1.29 is 41.1 Å². The summed E-state index contributed by atoms with van der Waals surface area (Å²) in [5.74, 6) is -8.27. The summed E-state index contributed by atoms with van der Waals surface area (Å²) in [6.45, 7) is 2.09. The van der Waals surface area contributed by atoms with Crippen LogP contribution in [0, 0.1) is 30.2 Å². The van der Waals surface area contributed by atoms with Gasteiger partial charge in [0.15, 0.2) is 23.6 Å². The first-order chi connectivity index (χ1) is 15.1. The van der Waals surface area contributed by atoms with Gasteiger partial charge in [-0.1, -0.05) is 0 Å². The van der Waals surface area contributed by atoms with Crippen molar-refractivity contribution in [1.29, 1.82) is 0 Å². The third-order valence-corrected chi connectivity index (χ3v) is 4.47. The normalized spacial score (nSPS) is 11.8. The van der Waals surface area contributed by atoms with Crippen molar-refractivity contribution in [2.24, 2.45) is 0 Å². The van der Waals surface area contributed by atoms with Crippen LogP contribution in [0.15, 0.2) is 34.7 Å². The topological polar surface area (TPSA) is 97.6 Å². The van der Waals surface area contributed by atoms with Gasteiger partial charge in [-0.2, -0.15) is 0 Å². The first-order valence-electron chi connectivity index (χ1n) is 9.19. The second-order valence-electron chi connectivity index (χ2n) is 6.73. The summed E-state index contributed by atoms with van der Waals surface area (Å²) in [5.41, 5.74) is -0.0291. The maximum atomic E-state index is 13.6. The molecule has 0 radical (unpaired) electrons. The standard InChI is InChI=1S/C21H16F4N2O5/c1-9-12-7-11(22)3-6-15(12)32-19(9)21(30)31-10(2)20(29)26-8-16(28)27-14-5-4-13(23)17(24)18(14)25/h3-7,10H,8H2,1-2H3,(H,26,29)(H,27,28). The van der Waals surface area contributed by atoms with E-state index in [4.69, 9.17) is 9.15 Å². The minimum absolute atomic E-state index is 0.211. The Morgan fingerprint density at radius 1 is 1.06 bits per heavy atom. The predicted molar refractivity (Wildman–Crippen MR) is 104 cm³/mol. The average Bonchev–Trinajstić information content (AvgIpc) is 3.08. The fraction of sp³-hybridized carbons (Fsp3) is 0.190. The molecule has 1 atom stereocenters. The van der Waals surface area contributed by atoms with E-state index in [0.717, 1.165) is 12.1 Å². The molecule has 0 saturated carbocycles. The molecule has 0 saturated heterocycles. The molecule has 0 fully saturated rings. The molecule has 0 aliphatic heterocycles. The van der Waals surface area contributed by atoms with E-state index in [-0.39, 0.29) is 11.3 Å². The number of esters is 1. The van der Waals surface area contributed by atoms with Gasteiger partial charge < -0.3 is 19.8 Å². The summed E-state index contributed by atoms with van der Waals surface area (Å²) in [4.78, 5) is 36.3. The van der Waals surface area contributed by atoms with E-state index in [9.17, 15) is 31.9 Å². The molecule has 2 amide bonds. The number of ether oxygens (including phenoxy) is 1. The molecular formula is C21H16F4N2O5. The van der Waals surface area contributed by atoms with E-state index >= 15 is 0 Å². The Kier molecular flexibility index (Phi) is 6.47. The zero-order chi connectivity index (χ0) is 23.6. The van der Waals surface area contributed by atoms with Crippen molar-refractivity contribution in [2.75, 3.05) is 11.9 Å². The molecule has 0 spiro atoms. The lowest BCUT2D eigenvalue weighted by molar-refractivity contribution is -0.130. The van der Waals surface area contributed by atoms with Crippen LogP contribution in [0.2, 0.25) is 0 Å². The van der Waals surface area contributed by atoms with Crippen molar-refractivity contribution in [3.8, 4) is 0 Å². The fourth-order valence-corrected chi connectivity index (χ4v) is 2.78. The lowest BCUT2D eigenvalue weighted by atomic mass is 10.1. The highest BCUT2D eigenvalue weighted by atomic mass is 19.2. The second-order valence-corrected chi connectivity index (χ2v) is 6.73. The Morgan fingerprint density at radius 3 is 2.50 bits per heavy atom. The number of aryl methyl sites for hydroxylation is 1. The van der Waals surface area contributed by atoms with Crippen LogP contribution in [0.25, 0.3) is 11.0 Å². The van der Waals surface area contributed by atoms with Crippen LogP contribution in [0.1, 0.15) is 23.0 Å². The van der Waals surface area contributed by atoms with Gasteiger partial charge in [0, 0.05) is 10.9 Å². The van der Waals surface area contributed by atoms with E-state index in [2.05, 4.69) is 5.32 Å². The Morgan fingerprint density at radius 2 is 1.78 bits per heavy atom. The summed E-state index contributed by atoms with van der Waals surface area (Å²) in [6, 6.07) is 5.14. The van der Waals surface area contributed by atoms with Gasteiger partial charge in [0.25, 0.3) is 5.91 Å². The number of anilines is 1. The molecular weight excluding hydrogens is 436 g/mol. The van der Waals surface area contributed by atoms with E-state index in [1.165, 1.54) is 26.0 Å². The van der Waals surface area contributed by atoms with E-state index < -0.39 is 59.4 Å². The number of benzene rings is 2. The molecule has 1 aromatic heterocycles. The molecule has 11 heteroatoms. The molecule has 3 rings (SSSR count). The highest BCUT2D eigenvalue weighted by molar-refractivity contribution is 5.98. The number of halogens is 4. The number of carbonyl (C=O) groups is 3. The Bertz CT molecular complexity index is 1220. The predicted octanol–water partition coefficient (Wildman–Crippen LogP) is 3.60. The number of amides is 2. The lowest BCUT2D eigenvalue weighted by Crippen LogP contribution is -2.40. The second kappa shape index (κ2) is 9.08. The van der Waals surface area contributed by atoms with Crippen molar-refractivity contribution >= 4 is 34.4 Å². The van der Waals surface area contributed by atoms with Gasteiger partial charge in [0.05, 0.1) is 12.2 Å². The van der Waals surface area contributed by atoms with Crippen LogP contribution in [-0.4, -0.2) is 30.4 Å². The molecule has 0 bridgehead atoms. The number of fused-ring (bicyclic) bond motifs is 1. The third kappa shape index (κ3) is 4.71.